The van der Waals surface area contributed by atoms with Crippen LogP contribution in [0.1, 0.15) is 6.42 Å². The van der Waals surface area contributed by atoms with E-state index in [4.69, 9.17) is 0 Å². The molecule has 5 nitrogen and oxygen atoms in total. The number of amides is 4. The molecule has 1 aliphatic rings. The summed E-state index contributed by atoms with van der Waals surface area (Å²) in [6.07, 6.45) is -0.303. The highest BCUT2D eigenvalue weighted by molar-refractivity contribution is 9.17. The van der Waals surface area contributed by atoms with Crippen molar-refractivity contribution >= 4 is 50.1 Å². The Kier molecular flexibility index (Phi) is 2.13. The highest BCUT2D eigenvalue weighted by atomic mass is 79.9. The number of rotatable bonds is 0. The molecule has 1 rings (SSSR count). The minimum atomic E-state index is -0.772. The zero-order valence-corrected chi connectivity index (χ0v) is 8.31. The van der Waals surface area contributed by atoms with Crippen molar-refractivity contribution in [2.75, 3.05) is 0 Å². The molecule has 0 aromatic rings. The third-order valence-corrected chi connectivity index (χ3v) is 2.56. The first-order chi connectivity index (χ1) is 4.94. The van der Waals surface area contributed by atoms with E-state index in [9.17, 15) is 14.4 Å². The van der Waals surface area contributed by atoms with Crippen molar-refractivity contribution in [1.29, 1.82) is 0 Å². The summed E-state index contributed by atoms with van der Waals surface area (Å²) in [4.78, 5) is 32.4. The van der Waals surface area contributed by atoms with Crippen LogP contribution in [-0.2, 0) is 9.59 Å². The maximum Gasteiger partial charge on any atom is 0.451 e. The van der Waals surface area contributed by atoms with Gasteiger partial charge in [0.15, 0.2) is 0 Å². The van der Waals surface area contributed by atoms with E-state index in [1.165, 1.54) is 0 Å². The van der Waals surface area contributed by atoms with Crippen LogP contribution in [-0.4, -0.2) is 20.4 Å². The van der Waals surface area contributed by atoms with Crippen LogP contribution in [0.3, 0.4) is 0 Å². The molecule has 0 unspecified atom stereocenters. The Labute approximate surface area is 79.0 Å². The van der Waals surface area contributed by atoms with Gasteiger partial charge in [-0.05, 0) is 2.54 Å². The lowest BCUT2D eigenvalue weighted by atomic mass is 10.3. The minimum absolute atomic E-state index is 0.303. The third kappa shape index (κ3) is 1.49. The molecule has 0 bridgehead atoms. The summed E-state index contributed by atoms with van der Waals surface area (Å²) in [6.45, 7) is 0. The lowest BCUT2D eigenvalue weighted by molar-refractivity contribution is -0.437. The van der Waals surface area contributed by atoms with Crippen molar-refractivity contribution in [3.63, 3.8) is 0 Å². The Morgan fingerprint density at radius 2 is 1.82 bits per heavy atom. The minimum Gasteiger partial charge on any atom is -0.274 e. The Morgan fingerprint density at radius 3 is 2.27 bits per heavy atom. The summed E-state index contributed by atoms with van der Waals surface area (Å²) in [7, 11) is 0. The topological polar surface area (TPSA) is 63.2 Å². The van der Waals surface area contributed by atoms with E-state index in [2.05, 4.69) is 32.3 Å². The number of barbiturate groups is 1. The molecule has 1 N–H and O–H groups in total. The van der Waals surface area contributed by atoms with Crippen molar-refractivity contribution in [1.82, 2.24) is 5.32 Å². The second kappa shape index (κ2) is 2.65. The monoisotopic (exact) mass is 285 g/mol. The molecule has 1 fully saturated rings. The summed E-state index contributed by atoms with van der Waals surface area (Å²) in [6, 6.07) is -0.730. The van der Waals surface area contributed by atoms with Gasteiger partial charge in [-0.3, -0.25) is 4.79 Å². The standard InChI is InChI=1S/C4H2Br2N2O3/c5-8(6)3(10)1-2(9)7-4(8)11/h1H2/p+1. The number of imide groups is 2. The number of carbonyl (C=O) groups excluding carboxylic acids is 3. The molecular formula is C4H3Br2N2O3+. The molecule has 0 aliphatic carbocycles. The summed E-state index contributed by atoms with van der Waals surface area (Å²) in [5, 5.41) is 1.98. The number of hydrogen-bond acceptors (Lipinski definition) is 3. The van der Waals surface area contributed by atoms with E-state index in [0.29, 0.717) is 0 Å². The van der Waals surface area contributed by atoms with Crippen molar-refractivity contribution in [2.45, 2.75) is 6.42 Å². The molecule has 60 valence electrons. The number of carbonyl (C=O) groups is 3. The molecule has 7 heteroatoms. The quantitative estimate of drug-likeness (QED) is 0.524. The maximum atomic E-state index is 10.9. The van der Waals surface area contributed by atoms with Crippen LogP contribution >= 0.6 is 32.3 Å². The molecule has 1 saturated heterocycles. The van der Waals surface area contributed by atoms with Gasteiger partial charge in [0.05, 0.1) is 0 Å². The van der Waals surface area contributed by atoms with Gasteiger partial charge >= 0.3 is 11.9 Å². The van der Waals surface area contributed by atoms with Crippen LogP contribution in [0.5, 0.6) is 0 Å². The number of nitrogens with zero attached hydrogens (tertiary/aromatic N) is 1. The van der Waals surface area contributed by atoms with E-state index in [1.54, 1.807) is 0 Å². The Bertz CT molecular complexity index is 228. The summed E-state index contributed by atoms with van der Waals surface area (Å²) < 4.78 is -0.772. The van der Waals surface area contributed by atoms with Crippen LogP contribution in [0.4, 0.5) is 4.79 Å². The number of nitrogens with one attached hydrogen (secondary N) is 1. The maximum absolute atomic E-state index is 10.9. The largest absolute Gasteiger partial charge is 0.451 e. The molecule has 0 atom stereocenters. The fraction of sp³-hybridized carbons (Fsp3) is 0.250. The van der Waals surface area contributed by atoms with Gasteiger partial charge in [0.25, 0.3) is 32.3 Å². The molecule has 0 aromatic heterocycles. The van der Waals surface area contributed by atoms with Crippen LogP contribution in [0.2, 0.25) is 0 Å². The van der Waals surface area contributed by atoms with E-state index in [1.807, 2.05) is 5.32 Å². The highest BCUT2D eigenvalue weighted by Gasteiger charge is 2.48. The van der Waals surface area contributed by atoms with E-state index in [-0.39, 0.29) is 6.42 Å². The van der Waals surface area contributed by atoms with Gasteiger partial charge in [-0.2, -0.15) is 0 Å². The fourth-order valence-corrected chi connectivity index (χ4v) is 1.01. The molecule has 0 spiro atoms. The van der Waals surface area contributed by atoms with E-state index in [0.717, 1.165) is 0 Å². The lowest BCUT2D eigenvalue weighted by Crippen LogP contribution is -2.54. The van der Waals surface area contributed by atoms with Crippen LogP contribution < -0.4 is 5.32 Å². The molecule has 4 amide bonds. The molecule has 11 heavy (non-hydrogen) atoms. The third-order valence-electron chi connectivity index (χ3n) is 1.13. The number of hydrogen-bond donors (Lipinski definition) is 1. The average molecular weight is 287 g/mol. The summed E-state index contributed by atoms with van der Waals surface area (Å²) in [5.74, 6) is -1.12. The van der Waals surface area contributed by atoms with Crippen molar-refractivity contribution in [2.24, 2.45) is 0 Å². The second-order valence-electron chi connectivity index (χ2n) is 1.94. The van der Waals surface area contributed by atoms with Gasteiger partial charge in [-0.25, -0.2) is 14.9 Å². The van der Waals surface area contributed by atoms with Gasteiger partial charge < -0.3 is 0 Å². The molecule has 1 aliphatic heterocycles. The molecule has 0 radical (unpaired) electrons. The first kappa shape index (κ1) is 8.82. The fourth-order valence-electron chi connectivity index (χ4n) is 0.584. The highest BCUT2D eigenvalue weighted by Crippen LogP contribution is 2.27. The smallest absolute Gasteiger partial charge is 0.274 e. The number of halogens is 2. The number of urea groups is 1. The van der Waals surface area contributed by atoms with Gasteiger partial charge in [0.2, 0.25) is 5.91 Å². The molecule has 0 saturated carbocycles. The normalized spacial score (nSPS) is 23.3. The van der Waals surface area contributed by atoms with Crippen LogP contribution in [0.25, 0.3) is 0 Å². The van der Waals surface area contributed by atoms with Gasteiger partial charge in [-0.1, -0.05) is 0 Å². The molecule has 1 heterocycles. The predicted molar refractivity (Wildman–Crippen MR) is 41.3 cm³/mol. The summed E-state index contributed by atoms with van der Waals surface area (Å²) >= 11 is 5.58. The Hall–Kier alpha value is -0.270. The Morgan fingerprint density at radius 1 is 1.27 bits per heavy atom. The second-order valence-corrected chi connectivity index (χ2v) is 5.02. The zero-order valence-electron chi connectivity index (χ0n) is 5.13. The van der Waals surface area contributed by atoms with Crippen molar-refractivity contribution < 1.29 is 16.9 Å². The van der Waals surface area contributed by atoms with Gasteiger partial charge in [0.1, 0.15) is 6.42 Å². The Balaban J connectivity index is 2.93. The predicted octanol–water partition coefficient (Wildman–Crippen LogP) is 0.589. The van der Waals surface area contributed by atoms with Crippen LogP contribution in [0.15, 0.2) is 0 Å². The van der Waals surface area contributed by atoms with E-state index < -0.39 is 20.4 Å². The molecular weight excluding hydrogens is 284 g/mol. The van der Waals surface area contributed by atoms with Gasteiger partial charge in [-0.15, -0.1) is 0 Å². The first-order valence-corrected chi connectivity index (χ1v) is 4.02. The average Bonchev–Trinajstić information content (AvgIpc) is 1.84. The van der Waals surface area contributed by atoms with Crippen molar-refractivity contribution in [3.05, 3.63) is 0 Å². The number of quaternary nitrogens is 1. The SMILES string of the molecule is O=C1CC(=O)[N+](Br)(Br)C(=O)N1. The van der Waals surface area contributed by atoms with E-state index >= 15 is 0 Å². The zero-order chi connectivity index (χ0) is 8.65. The first-order valence-electron chi connectivity index (χ1n) is 2.60. The summed E-state index contributed by atoms with van der Waals surface area (Å²) in [5.41, 5.74) is 0. The van der Waals surface area contributed by atoms with Crippen molar-refractivity contribution in [3.8, 4) is 0 Å². The van der Waals surface area contributed by atoms with Crippen LogP contribution in [0, 0.1) is 0 Å². The lowest BCUT2D eigenvalue weighted by Gasteiger charge is -2.19. The van der Waals surface area contributed by atoms with Gasteiger partial charge in [0, 0.05) is 0 Å². The molecule has 0 aromatic carbocycles.